The minimum Gasteiger partial charge on any atom is -0.497 e. The Morgan fingerprint density at radius 3 is 3.05 bits per heavy atom. The van der Waals surface area contributed by atoms with Crippen molar-refractivity contribution in [1.29, 1.82) is 0 Å². The number of nitrogens with zero attached hydrogens (tertiary/aromatic N) is 3. The fourth-order valence-corrected chi connectivity index (χ4v) is 1.81. The second-order valence-electron chi connectivity index (χ2n) is 4.09. The van der Waals surface area contributed by atoms with Crippen LogP contribution in [-0.2, 0) is 11.2 Å². The summed E-state index contributed by atoms with van der Waals surface area (Å²) in [5.74, 6) is -0.0510. The number of benzene rings is 1. The van der Waals surface area contributed by atoms with E-state index in [-0.39, 0.29) is 6.42 Å². The predicted octanol–water partition coefficient (Wildman–Crippen LogP) is 1.68. The third-order valence-electron chi connectivity index (χ3n) is 2.74. The normalized spacial score (nSPS) is 10.4. The van der Waals surface area contributed by atoms with Crippen molar-refractivity contribution in [2.24, 2.45) is 0 Å². The summed E-state index contributed by atoms with van der Waals surface area (Å²) in [7, 11) is 1.61. The van der Waals surface area contributed by atoms with E-state index in [0.717, 1.165) is 17.1 Å². The second-order valence-corrected chi connectivity index (χ2v) is 4.09. The van der Waals surface area contributed by atoms with Crippen LogP contribution < -0.4 is 4.74 Å². The maximum absolute atomic E-state index is 10.5. The molecule has 0 radical (unpaired) electrons. The van der Waals surface area contributed by atoms with Crippen LogP contribution in [0.5, 0.6) is 5.75 Å². The Morgan fingerprint density at radius 1 is 1.47 bits per heavy atom. The lowest BCUT2D eigenvalue weighted by molar-refractivity contribution is -0.137. The van der Waals surface area contributed by atoms with Gasteiger partial charge in [0.2, 0.25) is 0 Å². The zero-order valence-electron chi connectivity index (χ0n) is 10.6. The van der Waals surface area contributed by atoms with Gasteiger partial charge >= 0.3 is 5.97 Å². The molecule has 19 heavy (non-hydrogen) atoms. The first-order valence-electron chi connectivity index (χ1n) is 5.96. The first kappa shape index (κ1) is 13.1. The molecular weight excluding hydrogens is 246 g/mol. The molecule has 0 fully saturated rings. The molecule has 2 aromatic rings. The first-order valence-corrected chi connectivity index (χ1v) is 5.96. The molecule has 0 spiro atoms. The Bertz CT molecular complexity index is 566. The molecule has 0 saturated carbocycles. The van der Waals surface area contributed by atoms with Gasteiger partial charge in [-0.3, -0.25) is 4.79 Å². The zero-order valence-corrected chi connectivity index (χ0v) is 10.6. The number of carbonyl (C=O) groups is 1. The van der Waals surface area contributed by atoms with Gasteiger partial charge in [0.15, 0.2) is 0 Å². The highest BCUT2D eigenvalue weighted by Crippen LogP contribution is 2.17. The number of methoxy groups -OCH3 is 1. The average molecular weight is 261 g/mol. The fourth-order valence-electron chi connectivity index (χ4n) is 1.81. The highest BCUT2D eigenvalue weighted by Gasteiger charge is 2.08. The van der Waals surface area contributed by atoms with Gasteiger partial charge in [0, 0.05) is 12.5 Å². The smallest absolute Gasteiger partial charge is 0.303 e. The molecule has 0 atom stereocenters. The molecule has 100 valence electrons. The highest BCUT2D eigenvalue weighted by atomic mass is 16.5. The number of carboxylic acid groups (broad SMARTS) is 1. The summed E-state index contributed by atoms with van der Waals surface area (Å²) in [5.41, 5.74) is 1.73. The van der Waals surface area contributed by atoms with Gasteiger partial charge in [-0.25, -0.2) is 4.68 Å². The molecular formula is C13H15N3O3. The molecule has 2 rings (SSSR count). The van der Waals surface area contributed by atoms with Gasteiger partial charge < -0.3 is 9.84 Å². The van der Waals surface area contributed by atoms with Gasteiger partial charge in [0.25, 0.3) is 0 Å². The maximum Gasteiger partial charge on any atom is 0.303 e. The van der Waals surface area contributed by atoms with Crippen LogP contribution in [0.2, 0.25) is 0 Å². The van der Waals surface area contributed by atoms with Crippen LogP contribution in [0, 0.1) is 0 Å². The number of rotatable bonds is 6. The van der Waals surface area contributed by atoms with E-state index >= 15 is 0 Å². The molecule has 0 aliphatic rings. The van der Waals surface area contributed by atoms with Gasteiger partial charge in [-0.05, 0) is 25.0 Å². The van der Waals surface area contributed by atoms with E-state index in [4.69, 9.17) is 9.84 Å². The minimum atomic E-state index is -0.791. The molecule has 0 amide bonds. The Labute approximate surface area is 110 Å². The van der Waals surface area contributed by atoms with Crippen molar-refractivity contribution >= 4 is 5.97 Å². The summed E-state index contributed by atoms with van der Waals surface area (Å²) in [6, 6.07) is 7.48. The van der Waals surface area contributed by atoms with Gasteiger partial charge in [-0.1, -0.05) is 11.3 Å². The number of hydrogen-bond donors (Lipinski definition) is 1. The largest absolute Gasteiger partial charge is 0.497 e. The van der Waals surface area contributed by atoms with Gasteiger partial charge in [0.1, 0.15) is 5.75 Å². The van der Waals surface area contributed by atoms with Crippen LogP contribution in [0.25, 0.3) is 5.69 Å². The molecule has 1 heterocycles. The minimum absolute atomic E-state index is 0.142. The van der Waals surface area contributed by atoms with Crippen LogP contribution in [0.15, 0.2) is 30.5 Å². The summed E-state index contributed by atoms with van der Waals surface area (Å²) >= 11 is 0. The highest BCUT2D eigenvalue weighted by molar-refractivity contribution is 5.66. The molecule has 6 nitrogen and oxygen atoms in total. The van der Waals surface area contributed by atoms with Crippen molar-refractivity contribution in [2.75, 3.05) is 7.11 Å². The SMILES string of the molecule is COc1cccc(-n2nncc2CCCC(=O)O)c1. The zero-order chi connectivity index (χ0) is 13.7. The van der Waals surface area contributed by atoms with Crippen molar-refractivity contribution < 1.29 is 14.6 Å². The van der Waals surface area contributed by atoms with Crippen molar-refractivity contribution in [3.05, 3.63) is 36.2 Å². The Kier molecular flexibility index (Phi) is 4.12. The first-order chi connectivity index (χ1) is 9.20. The molecule has 0 aliphatic carbocycles. The third kappa shape index (κ3) is 3.31. The van der Waals surface area contributed by atoms with Crippen LogP contribution in [0.3, 0.4) is 0 Å². The number of aliphatic carboxylic acids is 1. The van der Waals surface area contributed by atoms with Gasteiger partial charge in [0.05, 0.1) is 24.7 Å². The van der Waals surface area contributed by atoms with E-state index in [1.54, 1.807) is 18.0 Å². The fraction of sp³-hybridized carbons (Fsp3) is 0.308. The van der Waals surface area contributed by atoms with E-state index in [1.165, 1.54) is 0 Å². The van der Waals surface area contributed by atoms with E-state index in [1.807, 2.05) is 24.3 Å². The van der Waals surface area contributed by atoms with Crippen LogP contribution in [0.1, 0.15) is 18.5 Å². The number of hydrogen-bond acceptors (Lipinski definition) is 4. The summed E-state index contributed by atoms with van der Waals surface area (Å²) in [6.07, 6.45) is 2.98. The van der Waals surface area contributed by atoms with E-state index in [9.17, 15) is 4.79 Å². The van der Waals surface area contributed by atoms with Crippen LogP contribution in [-0.4, -0.2) is 33.2 Å². The van der Waals surface area contributed by atoms with Crippen LogP contribution >= 0.6 is 0 Å². The van der Waals surface area contributed by atoms with Crippen molar-refractivity contribution in [2.45, 2.75) is 19.3 Å². The van der Waals surface area contributed by atoms with Gasteiger partial charge in [-0.15, -0.1) is 5.10 Å². The lowest BCUT2D eigenvalue weighted by atomic mass is 10.2. The molecule has 1 aromatic heterocycles. The molecule has 6 heteroatoms. The second kappa shape index (κ2) is 5.99. The Balaban J connectivity index is 2.16. The van der Waals surface area contributed by atoms with E-state index < -0.39 is 5.97 Å². The number of aromatic nitrogens is 3. The maximum atomic E-state index is 10.5. The standard InChI is InChI=1S/C13H15N3O3/c1-19-12-6-2-4-10(8-12)16-11(9-14-15-16)5-3-7-13(17)18/h2,4,6,8-9H,3,5,7H2,1H3,(H,17,18). The molecule has 0 unspecified atom stereocenters. The average Bonchev–Trinajstić information content (AvgIpc) is 2.87. The molecule has 1 N–H and O–H groups in total. The van der Waals surface area contributed by atoms with E-state index in [2.05, 4.69) is 10.3 Å². The van der Waals surface area contributed by atoms with Crippen molar-refractivity contribution in [1.82, 2.24) is 15.0 Å². The molecule has 0 aliphatic heterocycles. The molecule has 1 aromatic carbocycles. The summed E-state index contributed by atoms with van der Waals surface area (Å²) in [5, 5.41) is 16.5. The molecule has 0 saturated heterocycles. The van der Waals surface area contributed by atoms with E-state index in [0.29, 0.717) is 12.8 Å². The summed E-state index contributed by atoms with van der Waals surface area (Å²) < 4.78 is 6.86. The predicted molar refractivity (Wildman–Crippen MR) is 68.5 cm³/mol. The number of ether oxygens (including phenoxy) is 1. The monoisotopic (exact) mass is 261 g/mol. The molecule has 0 bridgehead atoms. The number of carboxylic acids is 1. The van der Waals surface area contributed by atoms with Crippen molar-refractivity contribution in [3.8, 4) is 11.4 Å². The Morgan fingerprint density at radius 2 is 2.32 bits per heavy atom. The Hall–Kier alpha value is -2.37. The lowest BCUT2D eigenvalue weighted by Crippen LogP contribution is -2.04. The summed E-state index contributed by atoms with van der Waals surface area (Å²) in [4.78, 5) is 10.5. The lowest BCUT2D eigenvalue weighted by Gasteiger charge is -2.07. The van der Waals surface area contributed by atoms with Crippen molar-refractivity contribution in [3.63, 3.8) is 0 Å². The number of aryl methyl sites for hydroxylation is 1. The topological polar surface area (TPSA) is 77.2 Å². The van der Waals surface area contributed by atoms with Crippen LogP contribution in [0.4, 0.5) is 0 Å². The van der Waals surface area contributed by atoms with Gasteiger partial charge in [-0.2, -0.15) is 0 Å². The quantitative estimate of drug-likeness (QED) is 0.856. The summed E-state index contributed by atoms with van der Waals surface area (Å²) in [6.45, 7) is 0. The third-order valence-corrected chi connectivity index (χ3v) is 2.74.